The second-order valence-electron chi connectivity index (χ2n) is 10.2. The van der Waals surface area contributed by atoms with Gasteiger partial charge in [0.25, 0.3) is 5.91 Å². The highest BCUT2D eigenvalue weighted by Gasteiger charge is 2.30. The second-order valence-corrected chi connectivity index (χ2v) is 10.2. The number of H-pyrrole nitrogens is 1. The zero-order chi connectivity index (χ0) is 29.1. The molecule has 0 saturated heterocycles. The summed E-state index contributed by atoms with van der Waals surface area (Å²) in [5, 5.41) is 9.83. The largest absolute Gasteiger partial charge is 0.490 e. The summed E-state index contributed by atoms with van der Waals surface area (Å²) in [5.41, 5.74) is 2.45. The number of carbonyl (C=O) groups excluding carboxylic acids is 1. The lowest BCUT2D eigenvalue weighted by Gasteiger charge is -2.32. The predicted octanol–water partition coefficient (Wildman–Crippen LogP) is 5.10. The monoisotopic (exact) mass is 573 g/mol. The standard InChI is InChI=1S/C30H29F2N7O3/c1-41-11-12-42-27-10-9-18(31)13-22(27)30(40)36-19-5-4-6-20(14-19)39-26-15-24(28-34-17-35-38-28)33-16-25(26)37-29(39)21-7-2-3-8-23(21)32/h2-3,7-10,13,15-17,19-20H,4-6,11-12,14H2,1H3,(H,36,40)(H,34,35,38)/t19-,20+/m0/s1. The molecule has 0 unspecified atom stereocenters. The molecule has 6 rings (SSSR count). The van der Waals surface area contributed by atoms with Crippen LogP contribution in [0.3, 0.4) is 0 Å². The van der Waals surface area contributed by atoms with Gasteiger partial charge in [-0.15, -0.1) is 0 Å². The molecule has 0 aliphatic heterocycles. The fraction of sp³-hybridized carbons (Fsp3) is 0.300. The van der Waals surface area contributed by atoms with Crippen molar-refractivity contribution in [2.24, 2.45) is 0 Å². The van der Waals surface area contributed by atoms with Gasteiger partial charge in [-0.3, -0.25) is 14.9 Å². The number of hydrogen-bond donors (Lipinski definition) is 2. The summed E-state index contributed by atoms with van der Waals surface area (Å²) in [4.78, 5) is 26.8. The first-order valence-electron chi connectivity index (χ1n) is 13.7. The summed E-state index contributed by atoms with van der Waals surface area (Å²) in [6, 6.07) is 11.9. The number of carbonyl (C=O) groups is 1. The molecular formula is C30H29F2N7O3. The Labute approximate surface area is 240 Å². The Morgan fingerprint density at radius 2 is 2.00 bits per heavy atom. The van der Waals surface area contributed by atoms with Crippen LogP contribution in [-0.2, 0) is 4.74 Å². The molecule has 0 spiro atoms. The quantitative estimate of drug-likeness (QED) is 0.236. The number of halogens is 2. The van der Waals surface area contributed by atoms with Gasteiger partial charge in [0.15, 0.2) is 5.82 Å². The Morgan fingerprint density at radius 3 is 2.81 bits per heavy atom. The van der Waals surface area contributed by atoms with E-state index in [1.807, 2.05) is 10.6 Å². The lowest BCUT2D eigenvalue weighted by atomic mass is 9.90. The number of ether oxygens (including phenoxy) is 2. The lowest BCUT2D eigenvalue weighted by Crippen LogP contribution is -2.39. The van der Waals surface area contributed by atoms with E-state index in [-0.39, 0.29) is 35.8 Å². The van der Waals surface area contributed by atoms with E-state index in [1.165, 1.54) is 30.6 Å². The summed E-state index contributed by atoms with van der Waals surface area (Å²) >= 11 is 0. The van der Waals surface area contributed by atoms with Crippen molar-refractivity contribution in [3.8, 4) is 28.7 Å². The van der Waals surface area contributed by atoms with Gasteiger partial charge >= 0.3 is 0 Å². The highest BCUT2D eigenvalue weighted by molar-refractivity contribution is 5.97. The molecule has 2 aromatic carbocycles. The molecule has 1 aliphatic rings. The van der Waals surface area contributed by atoms with Crippen molar-refractivity contribution in [3.63, 3.8) is 0 Å². The maximum absolute atomic E-state index is 15.1. The Hall–Kier alpha value is -4.71. The van der Waals surface area contributed by atoms with Crippen molar-refractivity contribution in [1.29, 1.82) is 0 Å². The minimum atomic E-state index is -0.531. The molecule has 1 saturated carbocycles. The number of amides is 1. The van der Waals surface area contributed by atoms with Crippen molar-refractivity contribution >= 4 is 16.9 Å². The molecule has 12 heteroatoms. The molecule has 1 aliphatic carbocycles. The van der Waals surface area contributed by atoms with Crippen molar-refractivity contribution < 1.29 is 23.0 Å². The first kappa shape index (κ1) is 27.5. The number of aromatic amines is 1. The van der Waals surface area contributed by atoms with Gasteiger partial charge in [0, 0.05) is 19.2 Å². The third-order valence-electron chi connectivity index (χ3n) is 7.43. The molecule has 0 bridgehead atoms. The average Bonchev–Trinajstić information content (AvgIpc) is 3.67. The molecule has 2 atom stereocenters. The van der Waals surface area contributed by atoms with Crippen LogP contribution in [0.1, 0.15) is 42.1 Å². The van der Waals surface area contributed by atoms with Crippen LogP contribution in [-0.4, -0.2) is 62.0 Å². The van der Waals surface area contributed by atoms with Crippen LogP contribution in [0.5, 0.6) is 5.75 Å². The maximum atomic E-state index is 15.1. The van der Waals surface area contributed by atoms with Crippen LogP contribution in [0.25, 0.3) is 33.9 Å². The van der Waals surface area contributed by atoms with Gasteiger partial charge in [0.2, 0.25) is 0 Å². The van der Waals surface area contributed by atoms with Gasteiger partial charge in [0.05, 0.1) is 29.4 Å². The van der Waals surface area contributed by atoms with E-state index in [1.54, 1.807) is 31.5 Å². The van der Waals surface area contributed by atoms with E-state index >= 15 is 4.39 Å². The SMILES string of the molecule is COCCOc1ccc(F)cc1C(=O)N[C@H]1CCC[C@@H](n2c(-c3ccccc3F)nc3cnc(-c4ncn[nH]4)cc32)C1. The fourth-order valence-electron chi connectivity index (χ4n) is 5.49. The first-order chi connectivity index (χ1) is 20.5. The zero-order valence-electron chi connectivity index (χ0n) is 22.9. The maximum Gasteiger partial charge on any atom is 0.255 e. The molecule has 1 amide bonds. The number of pyridine rings is 1. The number of fused-ring (bicyclic) bond motifs is 1. The summed E-state index contributed by atoms with van der Waals surface area (Å²) in [7, 11) is 1.55. The number of aromatic nitrogens is 6. The van der Waals surface area contributed by atoms with Crippen LogP contribution < -0.4 is 10.1 Å². The van der Waals surface area contributed by atoms with Gasteiger partial charge in [-0.25, -0.2) is 18.7 Å². The molecule has 3 heterocycles. The van der Waals surface area contributed by atoms with Gasteiger partial charge in [0.1, 0.15) is 47.4 Å². The lowest BCUT2D eigenvalue weighted by molar-refractivity contribution is 0.0913. The number of imidazole rings is 1. The minimum Gasteiger partial charge on any atom is -0.490 e. The molecule has 0 radical (unpaired) electrons. The first-order valence-corrected chi connectivity index (χ1v) is 13.7. The van der Waals surface area contributed by atoms with E-state index < -0.39 is 11.7 Å². The van der Waals surface area contributed by atoms with E-state index in [9.17, 15) is 9.18 Å². The molecule has 42 heavy (non-hydrogen) atoms. The van der Waals surface area contributed by atoms with E-state index in [0.717, 1.165) is 24.8 Å². The number of nitrogens with one attached hydrogen (secondary N) is 2. The van der Waals surface area contributed by atoms with Crippen LogP contribution in [0.4, 0.5) is 8.78 Å². The Balaban J connectivity index is 1.33. The number of rotatable bonds is 9. The van der Waals surface area contributed by atoms with Crippen LogP contribution >= 0.6 is 0 Å². The number of methoxy groups -OCH3 is 1. The van der Waals surface area contributed by atoms with Gasteiger partial charge < -0.3 is 19.4 Å². The number of nitrogens with zero attached hydrogens (tertiary/aromatic N) is 5. The fourth-order valence-corrected chi connectivity index (χ4v) is 5.49. The normalized spacial score (nSPS) is 16.9. The van der Waals surface area contributed by atoms with Crippen LogP contribution in [0.15, 0.2) is 61.1 Å². The van der Waals surface area contributed by atoms with Crippen molar-refractivity contribution in [1.82, 2.24) is 35.0 Å². The highest BCUT2D eigenvalue weighted by atomic mass is 19.1. The predicted molar refractivity (Wildman–Crippen MR) is 151 cm³/mol. The smallest absolute Gasteiger partial charge is 0.255 e. The molecule has 5 aromatic rings. The van der Waals surface area contributed by atoms with Gasteiger partial charge in [-0.1, -0.05) is 12.1 Å². The number of hydrogen-bond acceptors (Lipinski definition) is 7. The van der Waals surface area contributed by atoms with Crippen LogP contribution in [0.2, 0.25) is 0 Å². The van der Waals surface area contributed by atoms with Crippen molar-refractivity contribution in [2.75, 3.05) is 20.3 Å². The number of benzene rings is 2. The van der Waals surface area contributed by atoms with E-state index in [0.29, 0.717) is 41.5 Å². The van der Waals surface area contributed by atoms with E-state index in [4.69, 9.17) is 14.5 Å². The molecular weight excluding hydrogens is 544 g/mol. The molecule has 1 fully saturated rings. The van der Waals surface area contributed by atoms with Crippen molar-refractivity contribution in [2.45, 2.75) is 37.8 Å². The topological polar surface area (TPSA) is 120 Å². The molecule has 2 N–H and O–H groups in total. The summed E-state index contributed by atoms with van der Waals surface area (Å²) < 4.78 is 41.9. The van der Waals surface area contributed by atoms with E-state index in [2.05, 4.69) is 25.5 Å². The third kappa shape index (κ3) is 5.57. The molecule has 10 nitrogen and oxygen atoms in total. The molecule has 3 aromatic heterocycles. The third-order valence-corrected chi connectivity index (χ3v) is 7.43. The Bertz CT molecular complexity index is 1710. The van der Waals surface area contributed by atoms with Gasteiger partial charge in [-0.05, 0) is 62.1 Å². The Kier molecular flexibility index (Phi) is 7.87. The van der Waals surface area contributed by atoms with Gasteiger partial charge in [-0.2, -0.15) is 5.10 Å². The average molecular weight is 574 g/mol. The summed E-state index contributed by atoms with van der Waals surface area (Å²) in [6.45, 7) is 0.560. The Morgan fingerprint density at radius 1 is 1.12 bits per heavy atom. The molecule has 216 valence electrons. The zero-order valence-corrected chi connectivity index (χ0v) is 22.9. The summed E-state index contributed by atoms with van der Waals surface area (Å²) in [6.07, 6.45) is 5.96. The minimum absolute atomic E-state index is 0.112. The van der Waals surface area contributed by atoms with Crippen molar-refractivity contribution in [3.05, 3.63) is 78.3 Å². The highest BCUT2D eigenvalue weighted by Crippen LogP contribution is 2.37. The second kappa shape index (κ2) is 12.0. The summed E-state index contributed by atoms with van der Waals surface area (Å²) in [5.74, 6) is -0.0657. The van der Waals surface area contributed by atoms with Crippen LogP contribution in [0, 0.1) is 11.6 Å².